The van der Waals surface area contributed by atoms with Crippen molar-refractivity contribution in [3.63, 3.8) is 0 Å². The summed E-state index contributed by atoms with van der Waals surface area (Å²) in [6, 6.07) is 7.37. The molecule has 1 aromatic heterocycles. The molecule has 0 saturated heterocycles. The van der Waals surface area contributed by atoms with Gasteiger partial charge in [0.15, 0.2) is 5.78 Å². The highest BCUT2D eigenvalue weighted by atomic mass is 79.9. The molecule has 0 aliphatic heterocycles. The zero-order chi connectivity index (χ0) is 16.4. The first kappa shape index (κ1) is 15.7. The Kier molecular flexibility index (Phi) is 4.45. The van der Waals surface area contributed by atoms with Gasteiger partial charge in [0.05, 0.1) is 36.6 Å². The molecule has 118 valence electrons. The lowest BCUT2D eigenvalue weighted by Gasteiger charge is -2.18. The van der Waals surface area contributed by atoms with E-state index in [1.54, 1.807) is 36.2 Å². The highest BCUT2D eigenvalue weighted by Gasteiger charge is 2.27. The largest absolute Gasteiger partial charge is 0.497 e. The molecule has 2 aromatic rings. The van der Waals surface area contributed by atoms with Crippen LogP contribution in [0.25, 0.3) is 5.69 Å². The molecule has 0 radical (unpaired) electrons. The average Bonchev–Trinajstić information content (AvgIpc) is 3.06. The van der Waals surface area contributed by atoms with E-state index < -0.39 is 12.0 Å². The lowest BCUT2D eigenvalue weighted by Crippen LogP contribution is -2.26. The first-order valence-electron chi connectivity index (χ1n) is 7.05. The van der Waals surface area contributed by atoms with Crippen molar-refractivity contribution in [2.75, 3.05) is 7.11 Å². The Morgan fingerprint density at radius 1 is 1.35 bits per heavy atom. The van der Waals surface area contributed by atoms with Crippen LogP contribution in [0.1, 0.15) is 10.4 Å². The number of carbonyl (C=O) groups excluding carboxylic acids is 1. The number of aliphatic hydroxyl groups is 1. The SMILES string of the molecule is COc1ccc(-n2cc(C(=O)C3C=C(Br)C=CC3O)cn2)cc1. The Labute approximate surface area is 142 Å². The van der Waals surface area contributed by atoms with Crippen molar-refractivity contribution < 1.29 is 14.6 Å². The summed E-state index contributed by atoms with van der Waals surface area (Å²) in [6.45, 7) is 0. The van der Waals surface area contributed by atoms with Crippen LogP contribution in [0.2, 0.25) is 0 Å². The smallest absolute Gasteiger partial charge is 0.175 e. The summed E-state index contributed by atoms with van der Waals surface area (Å²) in [7, 11) is 1.61. The number of aliphatic hydroxyl groups excluding tert-OH is 1. The van der Waals surface area contributed by atoms with Gasteiger partial charge < -0.3 is 9.84 Å². The van der Waals surface area contributed by atoms with Gasteiger partial charge in [-0.3, -0.25) is 4.79 Å². The second-order valence-corrected chi connectivity index (χ2v) is 6.08. The minimum absolute atomic E-state index is 0.168. The topological polar surface area (TPSA) is 64.3 Å². The highest BCUT2D eigenvalue weighted by Crippen LogP contribution is 2.25. The Balaban J connectivity index is 1.83. The normalized spacial score (nSPS) is 20.2. The molecular formula is C17H15BrN2O3. The van der Waals surface area contributed by atoms with Crippen molar-refractivity contribution in [2.45, 2.75) is 6.10 Å². The summed E-state index contributed by atoms with van der Waals surface area (Å²) in [5.74, 6) is -0.0224. The third-order valence-electron chi connectivity index (χ3n) is 3.67. The van der Waals surface area contributed by atoms with E-state index in [0.717, 1.165) is 15.9 Å². The van der Waals surface area contributed by atoms with E-state index in [1.807, 2.05) is 24.3 Å². The van der Waals surface area contributed by atoms with Crippen molar-refractivity contribution in [3.05, 3.63) is 64.9 Å². The van der Waals surface area contributed by atoms with Crippen LogP contribution in [0.5, 0.6) is 5.75 Å². The fraction of sp³-hybridized carbons (Fsp3) is 0.176. The van der Waals surface area contributed by atoms with E-state index in [0.29, 0.717) is 5.56 Å². The second kappa shape index (κ2) is 6.52. The van der Waals surface area contributed by atoms with Crippen molar-refractivity contribution in [3.8, 4) is 11.4 Å². The van der Waals surface area contributed by atoms with Crippen LogP contribution < -0.4 is 4.74 Å². The summed E-state index contributed by atoms with van der Waals surface area (Å²) in [4.78, 5) is 12.6. The predicted molar refractivity (Wildman–Crippen MR) is 90.1 cm³/mol. The molecule has 1 N–H and O–H groups in total. The number of aromatic nitrogens is 2. The van der Waals surface area contributed by atoms with Crippen LogP contribution >= 0.6 is 15.9 Å². The van der Waals surface area contributed by atoms with E-state index in [9.17, 15) is 9.90 Å². The van der Waals surface area contributed by atoms with Gasteiger partial charge in [0, 0.05) is 10.7 Å². The van der Waals surface area contributed by atoms with Gasteiger partial charge in [0.25, 0.3) is 0 Å². The first-order valence-corrected chi connectivity index (χ1v) is 7.84. The summed E-state index contributed by atoms with van der Waals surface area (Å²) < 4.78 is 7.52. The third kappa shape index (κ3) is 3.28. The monoisotopic (exact) mass is 374 g/mol. The third-order valence-corrected chi connectivity index (χ3v) is 4.19. The van der Waals surface area contributed by atoms with Crippen LogP contribution in [0.15, 0.2) is 59.4 Å². The fourth-order valence-electron chi connectivity index (χ4n) is 2.39. The van der Waals surface area contributed by atoms with E-state index in [2.05, 4.69) is 21.0 Å². The molecule has 0 saturated carbocycles. The number of hydrogen-bond donors (Lipinski definition) is 1. The molecule has 23 heavy (non-hydrogen) atoms. The molecule has 0 fully saturated rings. The van der Waals surface area contributed by atoms with Gasteiger partial charge in [-0.05, 0) is 30.3 Å². The number of halogens is 1. The molecule has 1 aliphatic rings. The Hall–Kier alpha value is -2.18. The van der Waals surface area contributed by atoms with Gasteiger partial charge in [0.2, 0.25) is 0 Å². The maximum atomic E-state index is 12.6. The van der Waals surface area contributed by atoms with Gasteiger partial charge in [0.1, 0.15) is 5.75 Å². The number of benzene rings is 1. The molecule has 5 nitrogen and oxygen atoms in total. The van der Waals surface area contributed by atoms with Crippen molar-refractivity contribution >= 4 is 21.7 Å². The van der Waals surface area contributed by atoms with Crippen LogP contribution in [-0.2, 0) is 0 Å². The number of Topliss-reactive ketones (excluding diaryl/α,β-unsaturated/α-hetero) is 1. The standard InChI is InChI=1S/C17H15BrN2O3/c1-23-14-5-3-13(4-6-14)20-10-11(9-19-20)17(22)15-8-12(18)2-7-16(15)21/h2-10,15-16,21H,1H3. The van der Waals surface area contributed by atoms with E-state index in [-0.39, 0.29) is 5.78 Å². The lowest BCUT2D eigenvalue weighted by molar-refractivity contribution is 0.0838. The summed E-state index contributed by atoms with van der Waals surface area (Å²) in [5.41, 5.74) is 1.28. The predicted octanol–water partition coefficient (Wildman–Crippen LogP) is 2.89. The maximum absolute atomic E-state index is 12.6. The van der Waals surface area contributed by atoms with Crippen LogP contribution in [0.3, 0.4) is 0 Å². The Morgan fingerprint density at radius 2 is 2.09 bits per heavy atom. The summed E-state index contributed by atoms with van der Waals surface area (Å²) >= 11 is 3.33. The number of methoxy groups -OCH3 is 1. The zero-order valence-electron chi connectivity index (χ0n) is 12.4. The van der Waals surface area contributed by atoms with E-state index in [1.165, 1.54) is 6.20 Å². The fourth-order valence-corrected chi connectivity index (χ4v) is 2.82. The molecule has 1 heterocycles. The molecule has 3 rings (SSSR count). The van der Waals surface area contributed by atoms with E-state index >= 15 is 0 Å². The number of ketones is 1. The first-order chi connectivity index (χ1) is 11.1. The quantitative estimate of drug-likeness (QED) is 0.835. The number of nitrogens with zero attached hydrogens (tertiary/aromatic N) is 2. The molecule has 1 aliphatic carbocycles. The molecule has 2 unspecified atom stereocenters. The van der Waals surface area contributed by atoms with Crippen LogP contribution in [0, 0.1) is 5.92 Å². The van der Waals surface area contributed by atoms with Gasteiger partial charge in [-0.25, -0.2) is 4.68 Å². The zero-order valence-corrected chi connectivity index (χ0v) is 14.0. The summed E-state index contributed by atoms with van der Waals surface area (Å²) in [5, 5.41) is 14.2. The van der Waals surface area contributed by atoms with Crippen molar-refractivity contribution in [1.29, 1.82) is 0 Å². The summed E-state index contributed by atoms with van der Waals surface area (Å²) in [6.07, 6.45) is 7.39. The van der Waals surface area contributed by atoms with Crippen molar-refractivity contribution in [1.82, 2.24) is 9.78 Å². The number of allylic oxidation sites excluding steroid dienone is 2. The second-order valence-electron chi connectivity index (χ2n) is 5.16. The number of hydrogen-bond acceptors (Lipinski definition) is 4. The number of carbonyl (C=O) groups is 1. The molecule has 1 aromatic carbocycles. The van der Waals surface area contributed by atoms with Crippen LogP contribution in [-0.4, -0.2) is 33.9 Å². The molecular weight excluding hydrogens is 360 g/mol. The van der Waals surface area contributed by atoms with Gasteiger partial charge in [-0.2, -0.15) is 5.10 Å². The highest BCUT2D eigenvalue weighted by molar-refractivity contribution is 9.11. The molecule has 0 spiro atoms. The minimum Gasteiger partial charge on any atom is -0.497 e. The van der Waals surface area contributed by atoms with Gasteiger partial charge in [-0.15, -0.1) is 0 Å². The molecule has 2 atom stereocenters. The van der Waals surface area contributed by atoms with Crippen molar-refractivity contribution in [2.24, 2.45) is 5.92 Å². The number of rotatable bonds is 4. The van der Waals surface area contributed by atoms with Gasteiger partial charge >= 0.3 is 0 Å². The molecule has 6 heteroatoms. The Morgan fingerprint density at radius 3 is 2.78 bits per heavy atom. The minimum atomic E-state index is -0.826. The molecule has 0 bridgehead atoms. The maximum Gasteiger partial charge on any atom is 0.175 e. The average molecular weight is 375 g/mol. The Bertz CT molecular complexity index is 777. The van der Waals surface area contributed by atoms with Gasteiger partial charge in [-0.1, -0.05) is 28.1 Å². The van der Waals surface area contributed by atoms with Crippen LogP contribution in [0.4, 0.5) is 0 Å². The number of ether oxygens (including phenoxy) is 1. The van der Waals surface area contributed by atoms with E-state index in [4.69, 9.17) is 4.74 Å². The molecule has 0 amide bonds. The lowest BCUT2D eigenvalue weighted by atomic mass is 9.91.